The Bertz CT molecular complexity index is 627. The monoisotopic (exact) mass is 351 g/mol. The smallest absolute Gasteiger partial charge is 0.304 e. The van der Waals surface area contributed by atoms with Gasteiger partial charge in [0.1, 0.15) is 0 Å². The highest BCUT2D eigenvalue weighted by Gasteiger charge is 2.33. The van der Waals surface area contributed by atoms with Crippen LogP contribution in [-0.4, -0.2) is 48.5 Å². The highest BCUT2D eigenvalue weighted by atomic mass is 35.5. The lowest BCUT2D eigenvalue weighted by Gasteiger charge is -2.35. The molecular weight excluding hydrogens is 337 g/mol. The predicted molar refractivity (Wildman–Crippen MR) is 81.6 cm³/mol. The van der Waals surface area contributed by atoms with Crippen LogP contribution in [0, 0.1) is 0 Å². The summed E-state index contributed by atoms with van der Waals surface area (Å²) in [5.41, 5.74) is 0.690. The summed E-state index contributed by atoms with van der Waals surface area (Å²) >= 11 is 12.2. The Hall–Kier alpha value is -0.820. The van der Waals surface area contributed by atoms with Gasteiger partial charge < -0.3 is 5.11 Å². The topological polar surface area (TPSA) is 74.7 Å². The fraction of sp³-hybridized carbons (Fsp3) is 0.462. The highest BCUT2D eigenvalue weighted by molar-refractivity contribution is 7.91. The van der Waals surface area contributed by atoms with Crippen molar-refractivity contribution in [3.8, 4) is 0 Å². The minimum absolute atomic E-state index is 0.0190. The molecular formula is C13H15Cl2NO4S. The summed E-state index contributed by atoms with van der Waals surface area (Å²) in [5.74, 6) is -1.15. The number of aliphatic carboxylic acids is 1. The standard InChI is InChI=1S/C13H15Cl2NO4S/c14-11-2-1-3-12(15)10(11)7-16-4-5-21(19,20)8-9(16)6-13(17)18/h1-3,9H,4-8H2,(H,17,18). The lowest BCUT2D eigenvalue weighted by Crippen LogP contribution is -2.48. The van der Waals surface area contributed by atoms with Crippen LogP contribution in [0.3, 0.4) is 0 Å². The molecule has 1 aromatic rings. The molecule has 0 radical (unpaired) electrons. The summed E-state index contributed by atoms with van der Waals surface area (Å²) in [5, 5.41) is 9.94. The third-order valence-electron chi connectivity index (χ3n) is 3.49. The first kappa shape index (κ1) is 16.5. The number of benzene rings is 1. The zero-order valence-electron chi connectivity index (χ0n) is 11.1. The van der Waals surface area contributed by atoms with E-state index in [1.165, 1.54) is 0 Å². The number of hydrogen-bond donors (Lipinski definition) is 1. The van der Waals surface area contributed by atoms with Gasteiger partial charge in [-0.15, -0.1) is 0 Å². The number of carbonyl (C=O) groups is 1. The third-order valence-corrected chi connectivity index (χ3v) is 5.89. The van der Waals surface area contributed by atoms with Crippen LogP contribution in [0.5, 0.6) is 0 Å². The molecule has 0 bridgehead atoms. The van der Waals surface area contributed by atoms with Crippen LogP contribution in [-0.2, 0) is 21.2 Å². The van der Waals surface area contributed by atoms with Crippen LogP contribution in [0.1, 0.15) is 12.0 Å². The number of carboxylic acid groups (broad SMARTS) is 1. The molecule has 0 amide bonds. The second-order valence-electron chi connectivity index (χ2n) is 5.04. The molecule has 0 aromatic heterocycles. The predicted octanol–water partition coefficient (Wildman–Crippen LogP) is 2.07. The molecule has 0 aliphatic carbocycles. The van der Waals surface area contributed by atoms with Crippen LogP contribution in [0.2, 0.25) is 10.0 Å². The SMILES string of the molecule is O=C(O)CC1CS(=O)(=O)CCN1Cc1c(Cl)cccc1Cl. The molecule has 1 atom stereocenters. The van der Waals surface area contributed by atoms with Gasteiger partial charge in [0.2, 0.25) is 0 Å². The molecule has 1 N–H and O–H groups in total. The Labute approximate surface area is 133 Å². The van der Waals surface area contributed by atoms with Gasteiger partial charge in [-0.05, 0) is 12.1 Å². The van der Waals surface area contributed by atoms with Crippen LogP contribution >= 0.6 is 23.2 Å². The Balaban J connectivity index is 2.22. The molecule has 21 heavy (non-hydrogen) atoms. The van der Waals surface area contributed by atoms with E-state index in [1.54, 1.807) is 18.2 Å². The van der Waals surface area contributed by atoms with Crippen molar-refractivity contribution < 1.29 is 18.3 Å². The maximum Gasteiger partial charge on any atom is 0.304 e. The normalized spacial score (nSPS) is 22.1. The van der Waals surface area contributed by atoms with E-state index >= 15 is 0 Å². The number of nitrogens with zero attached hydrogens (tertiary/aromatic N) is 1. The molecule has 1 unspecified atom stereocenters. The van der Waals surface area contributed by atoms with Crippen molar-refractivity contribution in [2.75, 3.05) is 18.1 Å². The van der Waals surface area contributed by atoms with Crippen molar-refractivity contribution in [2.24, 2.45) is 0 Å². The first-order valence-electron chi connectivity index (χ1n) is 6.37. The maximum atomic E-state index is 11.7. The molecule has 1 fully saturated rings. The number of carboxylic acids is 1. The van der Waals surface area contributed by atoms with Crippen LogP contribution < -0.4 is 0 Å². The van der Waals surface area contributed by atoms with Crippen molar-refractivity contribution in [1.29, 1.82) is 0 Å². The van der Waals surface area contributed by atoms with E-state index in [0.717, 1.165) is 0 Å². The van der Waals surface area contributed by atoms with Gasteiger partial charge in [0, 0.05) is 34.7 Å². The van der Waals surface area contributed by atoms with Gasteiger partial charge in [0.05, 0.1) is 17.9 Å². The van der Waals surface area contributed by atoms with Crippen molar-refractivity contribution >= 4 is 39.0 Å². The third kappa shape index (κ3) is 4.32. The van der Waals surface area contributed by atoms with Gasteiger partial charge in [-0.1, -0.05) is 29.3 Å². The van der Waals surface area contributed by atoms with Crippen molar-refractivity contribution in [1.82, 2.24) is 4.90 Å². The van der Waals surface area contributed by atoms with Crippen LogP contribution in [0.15, 0.2) is 18.2 Å². The average molecular weight is 352 g/mol. The summed E-state index contributed by atoms with van der Waals surface area (Å²) < 4.78 is 23.4. The van der Waals surface area contributed by atoms with Gasteiger partial charge in [-0.25, -0.2) is 8.42 Å². The van der Waals surface area contributed by atoms with Crippen molar-refractivity contribution in [3.05, 3.63) is 33.8 Å². The molecule has 1 aromatic carbocycles. The van der Waals surface area contributed by atoms with Crippen LogP contribution in [0.4, 0.5) is 0 Å². The minimum Gasteiger partial charge on any atom is -0.481 e. The lowest BCUT2D eigenvalue weighted by atomic mass is 10.1. The van der Waals surface area contributed by atoms with E-state index in [1.807, 2.05) is 4.90 Å². The maximum absolute atomic E-state index is 11.7. The van der Waals surface area contributed by atoms with Crippen LogP contribution in [0.25, 0.3) is 0 Å². The molecule has 1 aliphatic heterocycles. The van der Waals surface area contributed by atoms with Gasteiger partial charge in [-0.2, -0.15) is 0 Å². The summed E-state index contributed by atoms with van der Waals surface area (Å²) in [7, 11) is -3.19. The lowest BCUT2D eigenvalue weighted by molar-refractivity contribution is -0.138. The largest absolute Gasteiger partial charge is 0.481 e. The van der Waals surface area contributed by atoms with Crippen molar-refractivity contribution in [3.63, 3.8) is 0 Å². The average Bonchev–Trinajstić information content (AvgIpc) is 2.35. The first-order chi connectivity index (χ1) is 9.78. The Kier molecular flexibility index (Phi) is 5.14. The second kappa shape index (κ2) is 6.52. The summed E-state index contributed by atoms with van der Waals surface area (Å²) in [6, 6.07) is 4.57. The molecule has 116 valence electrons. The van der Waals surface area contributed by atoms with Gasteiger partial charge in [0.15, 0.2) is 9.84 Å². The number of sulfone groups is 1. The number of halogens is 2. The molecule has 1 saturated heterocycles. The molecule has 1 heterocycles. The second-order valence-corrected chi connectivity index (χ2v) is 8.08. The fourth-order valence-electron chi connectivity index (χ4n) is 2.41. The van der Waals surface area contributed by atoms with E-state index in [9.17, 15) is 13.2 Å². The number of hydrogen-bond acceptors (Lipinski definition) is 4. The molecule has 8 heteroatoms. The highest BCUT2D eigenvalue weighted by Crippen LogP contribution is 2.28. The Morgan fingerprint density at radius 1 is 1.33 bits per heavy atom. The van der Waals surface area contributed by atoms with E-state index in [4.69, 9.17) is 28.3 Å². The fourth-order valence-corrected chi connectivity index (χ4v) is 4.52. The first-order valence-corrected chi connectivity index (χ1v) is 8.95. The molecule has 0 spiro atoms. The molecule has 0 saturated carbocycles. The molecule has 1 aliphatic rings. The Morgan fingerprint density at radius 2 is 1.95 bits per heavy atom. The molecule has 2 rings (SSSR count). The Morgan fingerprint density at radius 3 is 2.52 bits per heavy atom. The van der Waals surface area contributed by atoms with Gasteiger partial charge in [-0.3, -0.25) is 9.69 Å². The summed E-state index contributed by atoms with van der Waals surface area (Å²) in [6.45, 7) is 0.619. The zero-order chi connectivity index (χ0) is 15.6. The van der Waals surface area contributed by atoms with E-state index in [2.05, 4.69) is 0 Å². The zero-order valence-corrected chi connectivity index (χ0v) is 13.5. The van der Waals surface area contributed by atoms with E-state index in [-0.39, 0.29) is 24.5 Å². The minimum atomic E-state index is -3.19. The van der Waals surface area contributed by atoms with E-state index in [0.29, 0.717) is 22.2 Å². The number of rotatable bonds is 4. The van der Waals surface area contributed by atoms with Crippen molar-refractivity contribution in [2.45, 2.75) is 19.0 Å². The quantitative estimate of drug-likeness (QED) is 0.898. The molecule has 5 nitrogen and oxygen atoms in total. The summed E-state index contributed by atoms with van der Waals surface area (Å²) in [4.78, 5) is 12.8. The van der Waals surface area contributed by atoms with Gasteiger partial charge in [0.25, 0.3) is 0 Å². The van der Waals surface area contributed by atoms with E-state index < -0.39 is 21.8 Å². The summed E-state index contributed by atoms with van der Waals surface area (Å²) in [6.07, 6.45) is -0.221. The van der Waals surface area contributed by atoms with Gasteiger partial charge >= 0.3 is 5.97 Å².